The molecule has 1 aromatic heterocycles. The van der Waals surface area contributed by atoms with E-state index < -0.39 is 55.8 Å². The molecule has 360 valence electrons. The lowest BCUT2D eigenvalue weighted by atomic mass is 9.97. The first kappa shape index (κ1) is 50.6. The first-order valence-corrected chi connectivity index (χ1v) is 28.3. The predicted octanol–water partition coefficient (Wildman–Crippen LogP) is 7.15. The SMILES string of the molecule is COc1ccc(CN(Cc2ccc(OC)cc2)S(=O)(=O)c2c(S(=O)(=O)CC[Si](C)(C)C)ccc(-c3cccc(NC(=O)C[C@H](C)NC(=O)O)c3N)c2-c2nnn(Cc3ccc(OC)cc3)n2)cc1. The number of nitrogens with one attached hydrogen (secondary N) is 2. The maximum Gasteiger partial charge on any atom is 0.404 e. The van der Waals surface area contributed by atoms with E-state index >= 15 is 8.42 Å². The van der Waals surface area contributed by atoms with Crippen molar-refractivity contribution in [3.8, 4) is 39.8 Å². The number of carboxylic acid groups (broad SMARTS) is 1. The summed E-state index contributed by atoms with van der Waals surface area (Å²) in [5.41, 5.74) is 9.04. The molecule has 1 heterocycles. The average molecular weight is 985 g/mol. The molecular formula is C47H56N8O10S2Si. The van der Waals surface area contributed by atoms with Crippen molar-refractivity contribution >= 4 is 51.3 Å². The van der Waals surface area contributed by atoms with Gasteiger partial charge in [0.25, 0.3) is 0 Å². The fraction of sp³-hybridized carbons (Fsp3) is 0.298. The fourth-order valence-electron chi connectivity index (χ4n) is 7.24. The van der Waals surface area contributed by atoms with Gasteiger partial charge in [-0.3, -0.25) is 4.79 Å². The van der Waals surface area contributed by atoms with Gasteiger partial charge in [-0.2, -0.15) is 9.10 Å². The lowest BCUT2D eigenvalue weighted by Crippen LogP contribution is -2.34. The number of para-hydroxylation sites is 1. The van der Waals surface area contributed by atoms with Gasteiger partial charge in [0.05, 0.1) is 55.5 Å². The number of sulfone groups is 1. The summed E-state index contributed by atoms with van der Waals surface area (Å²) in [6.07, 6.45) is -1.52. The van der Waals surface area contributed by atoms with Gasteiger partial charge in [0.2, 0.25) is 21.8 Å². The molecule has 0 spiro atoms. The van der Waals surface area contributed by atoms with E-state index in [4.69, 9.17) is 30.1 Å². The zero-order valence-electron chi connectivity index (χ0n) is 38.9. The minimum absolute atomic E-state index is 0.00224. The zero-order valence-corrected chi connectivity index (χ0v) is 41.5. The molecule has 2 amide bonds. The van der Waals surface area contributed by atoms with E-state index in [9.17, 15) is 18.0 Å². The molecule has 0 saturated heterocycles. The van der Waals surface area contributed by atoms with E-state index in [1.807, 2.05) is 31.8 Å². The van der Waals surface area contributed by atoms with E-state index in [-0.39, 0.29) is 65.7 Å². The number of tetrazole rings is 1. The first-order valence-electron chi connectivity index (χ1n) is 21.5. The van der Waals surface area contributed by atoms with Crippen molar-refractivity contribution in [2.45, 2.75) is 74.5 Å². The summed E-state index contributed by atoms with van der Waals surface area (Å²) in [4.78, 5) is 24.7. The predicted molar refractivity (Wildman–Crippen MR) is 262 cm³/mol. The van der Waals surface area contributed by atoms with Gasteiger partial charge in [-0.1, -0.05) is 74.2 Å². The Labute approximate surface area is 397 Å². The van der Waals surface area contributed by atoms with E-state index in [0.29, 0.717) is 34.4 Å². The molecular weight excluding hydrogens is 929 g/mol. The van der Waals surface area contributed by atoms with Gasteiger partial charge in [-0.05, 0) is 89.0 Å². The topological polar surface area (TPSA) is 247 Å². The highest BCUT2D eigenvalue weighted by Crippen LogP contribution is 2.44. The Hall–Kier alpha value is -6.81. The van der Waals surface area contributed by atoms with Crippen LogP contribution < -0.4 is 30.6 Å². The van der Waals surface area contributed by atoms with Crippen molar-refractivity contribution in [1.29, 1.82) is 0 Å². The molecule has 0 aliphatic rings. The molecule has 18 nitrogen and oxygen atoms in total. The third-order valence-electron chi connectivity index (χ3n) is 10.9. The van der Waals surface area contributed by atoms with Gasteiger partial charge >= 0.3 is 6.09 Å². The summed E-state index contributed by atoms with van der Waals surface area (Å²) < 4.78 is 79.1. The van der Waals surface area contributed by atoms with Crippen LogP contribution in [0.4, 0.5) is 16.2 Å². The number of aromatic nitrogens is 4. The number of ether oxygens (including phenoxy) is 3. The lowest BCUT2D eigenvalue weighted by Gasteiger charge is -2.27. The Morgan fingerprint density at radius 1 is 0.779 bits per heavy atom. The second-order valence-corrected chi connectivity index (χ2v) is 26.8. The van der Waals surface area contributed by atoms with E-state index in [0.717, 1.165) is 5.56 Å². The van der Waals surface area contributed by atoms with E-state index in [1.165, 1.54) is 48.4 Å². The minimum atomic E-state index is -4.92. The van der Waals surface area contributed by atoms with Gasteiger partial charge in [-0.15, -0.1) is 10.2 Å². The molecule has 68 heavy (non-hydrogen) atoms. The fourth-order valence-corrected chi connectivity index (χ4v) is 14.0. The largest absolute Gasteiger partial charge is 0.497 e. The molecule has 0 unspecified atom stereocenters. The molecule has 0 saturated carbocycles. The molecule has 0 aliphatic heterocycles. The number of nitrogens with two attached hydrogens (primary N) is 1. The Bertz CT molecular complexity index is 2910. The number of carbonyl (C=O) groups is 2. The highest BCUT2D eigenvalue weighted by Gasteiger charge is 2.38. The third-order valence-corrected chi connectivity index (χ3v) is 16.8. The second-order valence-electron chi connectivity index (χ2n) is 17.3. The zero-order chi connectivity index (χ0) is 49.4. The number of nitrogens with zero attached hydrogens (tertiary/aromatic N) is 5. The van der Waals surface area contributed by atoms with Crippen molar-refractivity contribution in [3.05, 3.63) is 120 Å². The maximum absolute atomic E-state index is 16.1. The normalized spacial score (nSPS) is 12.4. The molecule has 5 N–H and O–H groups in total. The van der Waals surface area contributed by atoms with Gasteiger partial charge < -0.3 is 35.7 Å². The van der Waals surface area contributed by atoms with Crippen LogP contribution in [-0.2, 0) is 44.3 Å². The number of methoxy groups -OCH3 is 3. The Kier molecular flexibility index (Phi) is 15.9. The molecule has 0 fully saturated rings. The molecule has 6 rings (SSSR count). The van der Waals surface area contributed by atoms with Crippen LogP contribution in [0.3, 0.4) is 0 Å². The van der Waals surface area contributed by atoms with Crippen LogP contribution in [0.15, 0.2) is 113 Å². The number of benzene rings is 5. The van der Waals surface area contributed by atoms with Crippen LogP contribution >= 0.6 is 0 Å². The number of rotatable bonds is 21. The number of anilines is 2. The summed E-state index contributed by atoms with van der Waals surface area (Å²) >= 11 is 0. The lowest BCUT2D eigenvalue weighted by molar-refractivity contribution is -0.116. The van der Waals surface area contributed by atoms with Crippen molar-refractivity contribution in [3.63, 3.8) is 0 Å². The summed E-state index contributed by atoms with van der Waals surface area (Å²) in [6.45, 7) is 7.32. The summed E-state index contributed by atoms with van der Waals surface area (Å²) in [6, 6.07) is 27.9. The van der Waals surface area contributed by atoms with Crippen LogP contribution in [0.2, 0.25) is 25.7 Å². The maximum atomic E-state index is 16.1. The Balaban J connectivity index is 1.64. The molecule has 1 atom stereocenters. The van der Waals surface area contributed by atoms with Gasteiger partial charge in [0.15, 0.2) is 9.84 Å². The average Bonchev–Trinajstić information content (AvgIpc) is 3.76. The molecule has 21 heteroatoms. The molecule has 0 bridgehead atoms. The molecule has 6 aromatic rings. The van der Waals surface area contributed by atoms with Crippen molar-refractivity contribution in [2.24, 2.45) is 0 Å². The monoisotopic (exact) mass is 984 g/mol. The van der Waals surface area contributed by atoms with Crippen LogP contribution in [-0.4, -0.2) is 99.7 Å². The highest BCUT2D eigenvalue weighted by atomic mass is 32.2. The summed E-state index contributed by atoms with van der Waals surface area (Å²) in [7, 11) is -6.72. The molecule has 0 aliphatic carbocycles. The Morgan fingerprint density at radius 3 is 1.84 bits per heavy atom. The van der Waals surface area contributed by atoms with Crippen LogP contribution in [0, 0.1) is 0 Å². The van der Waals surface area contributed by atoms with Gasteiger partial charge in [0.1, 0.15) is 22.1 Å². The van der Waals surface area contributed by atoms with Crippen molar-refractivity contribution in [1.82, 2.24) is 29.8 Å². The van der Waals surface area contributed by atoms with Crippen LogP contribution in [0.1, 0.15) is 30.0 Å². The number of nitrogen functional groups attached to an aromatic ring is 1. The molecule has 0 radical (unpaired) electrons. The van der Waals surface area contributed by atoms with E-state index in [2.05, 4.69) is 20.9 Å². The first-order chi connectivity index (χ1) is 32.2. The number of hydrogen-bond acceptors (Lipinski definition) is 13. The second kappa shape index (κ2) is 21.4. The number of sulfonamides is 1. The summed E-state index contributed by atoms with van der Waals surface area (Å²) in [5, 5.41) is 27.6. The smallest absolute Gasteiger partial charge is 0.404 e. The third kappa shape index (κ3) is 12.6. The standard InChI is InChI=1S/C47H56N8O10S2Si/c1-31(49-47(57)58)27-42(56)50-40-10-8-9-39(44(40)48)38-23-24-41(66(59,60)25-26-68(5,6)7)45(43(38)46-51-53-55(52-46)30-34-15-21-37(65-4)22-16-34)67(61,62)54(28-32-11-17-35(63-2)18-12-32)29-33-13-19-36(64-3)20-14-33/h8-24,31,49H,25-30,48H2,1-7H3,(H,50,56)(H,57,58)/t31-/m0/s1. The van der Waals surface area contributed by atoms with Gasteiger partial charge in [-0.25, -0.2) is 21.6 Å². The van der Waals surface area contributed by atoms with Crippen molar-refractivity contribution < 1.29 is 45.7 Å². The highest BCUT2D eigenvalue weighted by molar-refractivity contribution is 7.93. The van der Waals surface area contributed by atoms with Gasteiger partial charge in [0, 0.05) is 39.2 Å². The quantitative estimate of drug-likeness (QED) is 0.0413. The Morgan fingerprint density at radius 2 is 1.32 bits per heavy atom. The number of amides is 2. The summed E-state index contributed by atoms with van der Waals surface area (Å²) in [5.74, 6) is 0.621. The number of carbonyl (C=O) groups excluding carboxylic acids is 1. The van der Waals surface area contributed by atoms with Crippen molar-refractivity contribution in [2.75, 3.05) is 38.1 Å². The van der Waals surface area contributed by atoms with Crippen LogP contribution in [0.5, 0.6) is 17.2 Å². The van der Waals surface area contributed by atoms with E-state index in [1.54, 1.807) is 79.9 Å². The number of hydrogen-bond donors (Lipinski definition) is 4. The van der Waals surface area contributed by atoms with Crippen LogP contribution in [0.25, 0.3) is 22.5 Å². The molecule has 5 aromatic carbocycles. The minimum Gasteiger partial charge on any atom is -0.497 e.